The molecule has 2 aromatic carbocycles. The average Bonchev–Trinajstić information content (AvgIpc) is 3.42. The molecule has 1 aliphatic carbocycles. The Morgan fingerprint density at radius 3 is 2.54 bits per heavy atom. The van der Waals surface area contributed by atoms with Gasteiger partial charge in [-0.05, 0) is 55.3 Å². The lowest BCUT2D eigenvalue weighted by Crippen LogP contribution is -2.13. The Morgan fingerprint density at radius 1 is 1.04 bits per heavy atom. The van der Waals surface area contributed by atoms with Crippen LogP contribution in [0.25, 0.3) is 10.9 Å². The van der Waals surface area contributed by atoms with Crippen molar-refractivity contribution < 1.29 is 4.79 Å². The molecule has 4 rings (SSSR count). The molecular weight excluding hydrogens is 368 g/mol. The molecule has 1 aromatic heterocycles. The first kappa shape index (κ1) is 15.1. The number of anilines is 3. The number of benzene rings is 2. The van der Waals surface area contributed by atoms with Gasteiger partial charge < -0.3 is 10.6 Å². The highest BCUT2D eigenvalue weighted by Gasteiger charge is 2.29. The maximum Gasteiger partial charge on any atom is 0.227 e. The van der Waals surface area contributed by atoms with Gasteiger partial charge in [0, 0.05) is 27.2 Å². The number of hydrogen-bond acceptors (Lipinski definition) is 4. The van der Waals surface area contributed by atoms with E-state index in [1.807, 2.05) is 42.5 Å². The Morgan fingerprint density at radius 2 is 1.79 bits per heavy atom. The summed E-state index contributed by atoms with van der Waals surface area (Å²) in [4.78, 5) is 20.4. The Labute approximate surface area is 147 Å². The predicted molar refractivity (Wildman–Crippen MR) is 98.3 cm³/mol. The van der Waals surface area contributed by atoms with Crippen LogP contribution in [-0.4, -0.2) is 15.9 Å². The molecule has 3 aromatic rings. The smallest absolute Gasteiger partial charge is 0.227 e. The summed E-state index contributed by atoms with van der Waals surface area (Å²) in [6, 6.07) is 13.5. The number of carbonyl (C=O) groups excluding carboxylic acids is 1. The molecule has 0 atom stereocenters. The normalized spacial score (nSPS) is 13.7. The average molecular weight is 383 g/mol. The third-order valence-corrected chi connectivity index (χ3v) is 4.45. The number of fused-ring (bicyclic) bond motifs is 1. The van der Waals surface area contributed by atoms with Gasteiger partial charge in [-0.25, -0.2) is 9.97 Å². The lowest BCUT2D eigenvalue weighted by atomic mass is 10.2. The molecule has 1 fully saturated rings. The largest absolute Gasteiger partial charge is 0.340 e. The molecule has 0 saturated heterocycles. The molecule has 5 nitrogen and oxygen atoms in total. The zero-order valence-corrected chi connectivity index (χ0v) is 14.4. The van der Waals surface area contributed by atoms with Gasteiger partial charge in [-0.3, -0.25) is 4.79 Å². The van der Waals surface area contributed by atoms with E-state index in [2.05, 4.69) is 36.5 Å². The van der Waals surface area contributed by atoms with E-state index in [1.165, 1.54) is 0 Å². The SMILES string of the molecule is O=C(Nc1ccc(Nc2ncnc3ccc(Br)cc23)cc1)C1CC1. The molecule has 120 valence electrons. The van der Waals surface area contributed by atoms with Gasteiger partial charge >= 0.3 is 0 Å². The third kappa shape index (κ3) is 3.23. The summed E-state index contributed by atoms with van der Waals surface area (Å²) in [5, 5.41) is 7.18. The highest BCUT2D eigenvalue weighted by atomic mass is 79.9. The van der Waals surface area contributed by atoms with Crippen molar-refractivity contribution in [2.24, 2.45) is 5.92 Å². The molecular formula is C18H15BrN4O. The molecule has 1 amide bonds. The van der Waals surface area contributed by atoms with Crippen LogP contribution in [0.1, 0.15) is 12.8 Å². The van der Waals surface area contributed by atoms with Gasteiger partial charge in [-0.15, -0.1) is 0 Å². The summed E-state index contributed by atoms with van der Waals surface area (Å²) in [6.45, 7) is 0. The number of hydrogen-bond donors (Lipinski definition) is 2. The second-order valence-electron chi connectivity index (χ2n) is 5.85. The molecule has 0 unspecified atom stereocenters. The van der Waals surface area contributed by atoms with Crippen molar-refractivity contribution in [3.05, 3.63) is 53.3 Å². The zero-order chi connectivity index (χ0) is 16.5. The fourth-order valence-corrected chi connectivity index (χ4v) is 2.85. The van der Waals surface area contributed by atoms with Gasteiger partial charge in [-0.2, -0.15) is 0 Å². The maximum atomic E-state index is 11.8. The quantitative estimate of drug-likeness (QED) is 0.697. The summed E-state index contributed by atoms with van der Waals surface area (Å²) in [6.07, 6.45) is 3.55. The topological polar surface area (TPSA) is 66.9 Å². The van der Waals surface area contributed by atoms with E-state index in [4.69, 9.17) is 0 Å². The molecule has 2 N–H and O–H groups in total. The molecule has 0 spiro atoms. The van der Waals surface area contributed by atoms with E-state index >= 15 is 0 Å². The Kier molecular flexibility index (Phi) is 3.90. The first-order valence-corrected chi connectivity index (χ1v) is 8.56. The molecule has 1 heterocycles. The molecule has 24 heavy (non-hydrogen) atoms. The number of nitrogens with one attached hydrogen (secondary N) is 2. The second kappa shape index (κ2) is 6.20. The van der Waals surface area contributed by atoms with Crippen LogP contribution in [0, 0.1) is 5.92 Å². The maximum absolute atomic E-state index is 11.8. The van der Waals surface area contributed by atoms with E-state index < -0.39 is 0 Å². The first-order chi connectivity index (χ1) is 11.7. The number of halogens is 1. The number of rotatable bonds is 4. The van der Waals surface area contributed by atoms with Crippen molar-refractivity contribution in [1.82, 2.24) is 9.97 Å². The van der Waals surface area contributed by atoms with E-state index in [1.54, 1.807) is 6.33 Å². The number of nitrogens with zero attached hydrogens (tertiary/aromatic N) is 2. The lowest BCUT2D eigenvalue weighted by molar-refractivity contribution is -0.117. The minimum Gasteiger partial charge on any atom is -0.340 e. The summed E-state index contributed by atoms with van der Waals surface area (Å²) >= 11 is 3.48. The van der Waals surface area contributed by atoms with Crippen LogP contribution in [0.15, 0.2) is 53.3 Å². The monoisotopic (exact) mass is 382 g/mol. The van der Waals surface area contributed by atoms with Crippen LogP contribution >= 0.6 is 15.9 Å². The van der Waals surface area contributed by atoms with Crippen LogP contribution in [0.3, 0.4) is 0 Å². The molecule has 6 heteroatoms. The van der Waals surface area contributed by atoms with Gasteiger partial charge in [0.15, 0.2) is 0 Å². The van der Waals surface area contributed by atoms with Crippen molar-refractivity contribution in [3.63, 3.8) is 0 Å². The van der Waals surface area contributed by atoms with Gasteiger partial charge in [0.1, 0.15) is 12.1 Å². The highest BCUT2D eigenvalue weighted by molar-refractivity contribution is 9.10. The molecule has 0 bridgehead atoms. The molecule has 1 aliphatic rings. The third-order valence-electron chi connectivity index (χ3n) is 3.96. The summed E-state index contributed by atoms with van der Waals surface area (Å²) in [7, 11) is 0. The fraction of sp³-hybridized carbons (Fsp3) is 0.167. The zero-order valence-electron chi connectivity index (χ0n) is 12.8. The van der Waals surface area contributed by atoms with Crippen molar-refractivity contribution in [2.45, 2.75) is 12.8 Å². The minimum absolute atomic E-state index is 0.113. The lowest BCUT2D eigenvalue weighted by Gasteiger charge is -2.10. The highest BCUT2D eigenvalue weighted by Crippen LogP contribution is 2.30. The van der Waals surface area contributed by atoms with Gasteiger partial charge in [0.2, 0.25) is 5.91 Å². The van der Waals surface area contributed by atoms with Gasteiger partial charge in [-0.1, -0.05) is 15.9 Å². The van der Waals surface area contributed by atoms with Crippen molar-refractivity contribution in [1.29, 1.82) is 0 Å². The number of aromatic nitrogens is 2. The fourth-order valence-electron chi connectivity index (χ4n) is 2.49. The van der Waals surface area contributed by atoms with Crippen molar-refractivity contribution >= 4 is 49.9 Å². The second-order valence-corrected chi connectivity index (χ2v) is 6.77. The summed E-state index contributed by atoms with van der Waals surface area (Å²) < 4.78 is 0.978. The Balaban J connectivity index is 1.55. The van der Waals surface area contributed by atoms with Crippen molar-refractivity contribution in [3.8, 4) is 0 Å². The van der Waals surface area contributed by atoms with E-state index in [9.17, 15) is 4.79 Å². The van der Waals surface area contributed by atoms with E-state index in [0.717, 1.165) is 45.4 Å². The Bertz CT molecular complexity index is 907. The van der Waals surface area contributed by atoms with Crippen LogP contribution in [0.2, 0.25) is 0 Å². The van der Waals surface area contributed by atoms with Gasteiger partial charge in [0.25, 0.3) is 0 Å². The van der Waals surface area contributed by atoms with Crippen molar-refractivity contribution in [2.75, 3.05) is 10.6 Å². The van der Waals surface area contributed by atoms with Crippen LogP contribution in [0.5, 0.6) is 0 Å². The van der Waals surface area contributed by atoms with E-state index in [0.29, 0.717) is 0 Å². The van der Waals surface area contributed by atoms with Crippen LogP contribution in [-0.2, 0) is 4.79 Å². The summed E-state index contributed by atoms with van der Waals surface area (Å²) in [5.74, 6) is 1.06. The molecule has 0 radical (unpaired) electrons. The van der Waals surface area contributed by atoms with Crippen LogP contribution in [0.4, 0.5) is 17.2 Å². The predicted octanol–water partition coefficient (Wildman–Crippen LogP) is 4.48. The number of amides is 1. The first-order valence-electron chi connectivity index (χ1n) is 7.77. The van der Waals surface area contributed by atoms with Gasteiger partial charge in [0.05, 0.1) is 5.52 Å². The molecule has 0 aliphatic heterocycles. The van der Waals surface area contributed by atoms with E-state index in [-0.39, 0.29) is 11.8 Å². The standard InChI is InChI=1S/C18H15BrN4O/c19-12-3-8-16-15(9-12)17(21-10-20-16)22-13-4-6-14(7-5-13)23-18(24)11-1-2-11/h3-11H,1-2H2,(H,23,24)(H,20,21,22). The molecule has 1 saturated carbocycles. The Hall–Kier alpha value is -2.47. The summed E-state index contributed by atoms with van der Waals surface area (Å²) in [5.41, 5.74) is 2.59. The van der Waals surface area contributed by atoms with Crippen LogP contribution < -0.4 is 10.6 Å². The minimum atomic E-state index is 0.113. The number of carbonyl (C=O) groups is 1.